The van der Waals surface area contributed by atoms with Crippen molar-refractivity contribution in [1.82, 2.24) is 0 Å². The van der Waals surface area contributed by atoms with E-state index in [-0.39, 0.29) is 67.5 Å². The molecule has 2 N–H and O–H groups in total. The fraction of sp³-hybridized carbons (Fsp3) is 0.375. The summed E-state index contributed by atoms with van der Waals surface area (Å²) < 4.78 is 53.2. The van der Waals surface area contributed by atoms with Crippen LogP contribution in [0.1, 0.15) is 49.3 Å². The Kier molecular flexibility index (Phi) is 8.91. The number of methoxy groups -OCH3 is 1. The SMILES string of the molecule is COc1ccc(COC2(c3ccc(Cl)cc3F)CCC(O)(COc3ccc(F)c4c3CCC(=O)N4)C(OC(C)=O)C2)cc1. The van der Waals surface area contributed by atoms with Gasteiger partial charge in [-0.15, -0.1) is 0 Å². The molecule has 2 aliphatic rings. The molecule has 3 aromatic rings. The normalized spacial score (nSPS) is 23.2. The largest absolute Gasteiger partial charge is 0.497 e. The molecule has 1 aliphatic carbocycles. The van der Waals surface area contributed by atoms with Crippen LogP contribution in [0.4, 0.5) is 14.5 Å². The number of anilines is 1. The summed E-state index contributed by atoms with van der Waals surface area (Å²) in [4.78, 5) is 24.1. The highest BCUT2D eigenvalue weighted by Gasteiger charge is 2.53. The number of halogens is 3. The number of nitrogens with one attached hydrogen (secondary N) is 1. The third-order valence-electron chi connectivity index (χ3n) is 8.04. The van der Waals surface area contributed by atoms with Crippen LogP contribution in [0.5, 0.6) is 11.5 Å². The van der Waals surface area contributed by atoms with Crippen LogP contribution < -0.4 is 14.8 Å². The molecule has 1 saturated carbocycles. The van der Waals surface area contributed by atoms with E-state index >= 15 is 4.39 Å². The van der Waals surface area contributed by atoms with Gasteiger partial charge in [0, 0.05) is 35.9 Å². The lowest BCUT2D eigenvalue weighted by atomic mass is 9.71. The van der Waals surface area contributed by atoms with E-state index in [9.17, 15) is 19.1 Å². The molecule has 0 aromatic heterocycles. The molecule has 0 saturated heterocycles. The molecule has 1 aliphatic heterocycles. The predicted octanol–water partition coefficient (Wildman–Crippen LogP) is 5.85. The average Bonchev–Trinajstić information content (AvgIpc) is 2.98. The van der Waals surface area contributed by atoms with E-state index in [1.54, 1.807) is 25.3 Å². The van der Waals surface area contributed by atoms with Crippen molar-refractivity contribution in [3.8, 4) is 11.5 Å². The molecule has 1 heterocycles. The lowest BCUT2D eigenvalue weighted by molar-refractivity contribution is -0.209. The number of ether oxygens (including phenoxy) is 4. The molecule has 3 atom stereocenters. The van der Waals surface area contributed by atoms with Crippen LogP contribution in [0, 0.1) is 11.6 Å². The smallest absolute Gasteiger partial charge is 0.303 e. The number of carbonyl (C=O) groups is 2. The van der Waals surface area contributed by atoms with Crippen molar-refractivity contribution in [2.24, 2.45) is 0 Å². The lowest BCUT2D eigenvalue weighted by Gasteiger charge is -2.48. The van der Waals surface area contributed by atoms with Crippen molar-refractivity contribution in [3.05, 3.63) is 87.9 Å². The zero-order valence-corrected chi connectivity index (χ0v) is 24.5. The highest BCUT2D eigenvalue weighted by atomic mass is 35.5. The Morgan fingerprint density at radius 2 is 1.84 bits per heavy atom. The molecule has 0 spiro atoms. The summed E-state index contributed by atoms with van der Waals surface area (Å²) >= 11 is 6.05. The van der Waals surface area contributed by atoms with Crippen molar-refractivity contribution < 1.29 is 42.4 Å². The Bertz CT molecular complexity index is 1520. The van der Waals surface area contributed by atoms with Crippen LogP contribution in [-0.2, 0) is 37.7 Å². The quantitative estimate of drug-likeness (QED) is 0.291. The number of hydrogen-bond acceptors (Lipinski definition) is 7. The molecule has 0 bridgehead atoms. The number of benzene rings is 3. The summed E-state index contributed by atoms with van der Waals surface area (Å²) in [6.45, 7) is 1.01. The van der Waals surface area contributed by atoms with Gasteiger partial charge >= 0.3 is 5.97 Å². The van der Waals surface area contributed by atoms with E-state index in [1.165, 1.54) is 31.2 Å². The molecule has 1 amide bonds. The highest BCUT2D eigenvalue weighted by Crippen LogP contribution is 2.47. The van der Waals surface area contributed by atoms with Crippen molar-refractivity contribution >= 4 is 29.2 Å². The summed E-state index contributed by atoms with van der Waals surface area (Å²) in [5.41, 5.74) is -1.44. The van der Waals surface area contributed by atoms with Gasteiger partial charge in [0.2, 0.25) is 5.91 Å². The molecule has 3 aromatic carbocycles. The van der Waals surface area contributed by atoms with Gasteiger partial charge in [-0.3, -0.25) is 9.59 Å². The zero-order chi connectivity index (χ0) is 30.8. The zero-order valence-electron chi connectivity index (χ0n) is 23.8. The van der Waals surface area contributed by atoms with Crippen LogP contribution in [0.3, 0.4) is 0 Å². The monoisotopic (exact) mass is 615 g/mol. The van der Waals surface area contributed by atoms with Crippen molar-refractivity contribution in [2.75, 3.05) is 19.0 Å². The summed E-state index contributed by atoms with van der Waals surface area (Å²) in [7, 11) is 1.56. The summed E-state index contributed by atoms with van der Waals surface area (Å²) in [6, 6.07) is 14.1. The minimum absolute atomic E-state index is 0.00967. The summed E-state index contributed by atoms with van der Waals surface area (Å²) in [5, 5.41) is 14.6. The molecule has 3 unspecified atom stereocenters. The molecule has 1 fully saturated rings. The second-order valence-electron chi connectivity index (χ2n) is 10.9. The van der Waals surface area contributed by atoms with E-state index < -0.39 is 34.9 Å². The van der Waals surface area contributed by atoms with Gasteiger partial charge in [-0.25, -0.2) is 8.78 Å². The molecule has 5 rings (SSSR count). The maximum Gasteiger partial charge on any atom is 0.303 e. The first-order valence-corrected chi connectivity index (χ1v) is 14.3. The molecular formula is C32H32ClF2NO7. The van der Waals surface area contributed by atoms with Gasteiger partial charge in [0.15, 0.2) is 0 Å². The van der Waals surface area contributed by atoms with Gasteiger partial charge in [0.25, 0.3) is 0 Å². The molecule has 228 valence electrons. The van der Waals surface area contributed by atoms with Crippen LogP contribution in [-0.4, -0.2) is 42.4 Å². The number of hydrogen-bond donors (Lipinski definition) is 2. The first kappa shape index (κ1) is 30.7. The van der Waals surface area contributed by atoms with Crippen LogP contribution >= 0.6 is 11.6 Å². The molecule has 8 nitrogen and oxygen atoms in total. The van der Waals surface area contributed by atoms with E-state index in [0.717, 1.165) is 5.56 Å². The Hall–Kier alpha value is -3.73. The Morgan fingerprint density at radius 1 is 1.07 bits per heavy atom. The molecule has 0 radical (unpaired) electrons. The Labute approximate surface area is 252 Å². The number of esters is 1. The second-order valence-corrected chi connectivity index (χ2v) is 11.3. The van der Waals surface area contributed by atoms with Crippen LogP contribution in [0.25, 0.3) is 0 Å². The van der Waals surface area contributed by atoms with Gasteiger partial charge in [-0.1, -0.05) is 29.8 Å². The number of amides is 1. The van der Waals surface area contributed by atoms with E-state index in [0.29, 0.717) is 17.1 Å². The highest BCUT2D eigenvalue weighted by molar-refractivity contribution is 6.30. The Morgan fingerprint density at radius 3 is 2.53 bits per heavy atom. The van der Waals surface area contributed by atoms with E-state index in [1.807, 2.05) is 12.1 Å². The third-order valence-corrected chi connectivity index (χ3v) is 8.28. The third kappa shape index (κ3) is 6.61. The van der Waals surface area contributed by atoms with E-state index in [2.05, 4.69) is 5.32 Å². The van der Waals surface area contributed by atoms with Crippen molar-refractivity contribution in [1.29, 1.82) is 0 Å². The molecule has 43 heavy (non-hydrogen) atoms. The minimum Gasteiger partial charge on any atom is -0.497 e. The number of fused-ring (bicyclic) bond motifs is 1. The second kappa shape index (κ2) is 12.5. The van der Waals surface area contributed by atoms with Crippen LogP contribution in [0.2, 0.25) is 5.02 Å². The fourth-order valence-corrected chi connectivity index (χ4v) is 5.86. The van der Waals surface area contributed by atoms with Gasteiger partial charge in [-0.05, 0) is 61.2 Å². The maximum atomic E-state index is 15.4. The van der Waals surface area contributed by atoms with Gasteiger partial charge < -0.3 is 29.4 Å². The molecular weight excluding hydrogens is 584 g/mol. The van der Waals surface area contributed by atoms with Gasteiger partial charge in [-0.2, -0.15) is 0 Å². The lowest BCUT2D eigenvalue weighted by Crippen LogP contribution is -2.57. The molecule has 11 heteroatoms. The van der Waals surface area contributed by atoms with Crippen LogP contribution in [0.15, 0.2) is 54.6 Å². The topological polar surface area (TPSA) is 103 Å². The standard InChI is InChI=1S/C32H32ClF2NO7/c1-19(37)43-28-16-32(24-9-5-21(33)15-26(24)35,42-17-20-3-6-22(40-2)7-4-20)14-13-31(28,39)18-41-27-11-10-25(34)30-23(27)8-12-29(38)36-30/h3-7,9-11,15,28,39H,8,12-14,16-18H2,1-2H3,(H,36,38). The number of rotatable bonds is 9. The first-order chi connectivity index (χ1) is 20.5. The van der Waals surface area contributed by atoms with Crippen molar-refractivity contribution in [3.63, 3.8) is 0 Å². The minimum atomic E-state index is -1.69. The fourth-order valence-electron chi connectivity index (χ4n) is 5.71. The maximum absolute atomic E-state index is 15.4. The summed E-state index contributed by atoms with van der Waals surface area (Å²) in [5.74, 6) is -1.16. The number of carbonyl (C=O) groups excluding carboxylic acids is 2. The van der Waals surface area contributed by atoms with Gasteiger partial charge in [0.05, 0.1) is 19.4 Å². The van der Waals surface area contributed by atoms with E-state index in [4.69, 9.17) is 30.5 Å². The first-order valence-electron chi connectivity index (χ1n) is 13.9. The average molecular weight is 616 g/mol. The van der Waals surface area contributed by atoms with Gasteiger partial charge in [0.1, 0.15) is 47.0 Å². The summed E-state index contributed by atoms with van der Waals surface area (Å²) in [6.07, 6.45) is -0.655. The Balaban J connectivity index is 1.44. The number of aliphatic hydroxyl groups is 1. The predicted molar refractivity (Wildman–Crippen MR) is 154 cm³/mol. The van der Waals surface area contributed by atoms with Crippen molar-refractivity contribution in [2.45, 2.75) is 62.9 Å².